The van der Waals surface area contributed by atoms with Gasteiger partial charge < -0.3 is 10.2 Å². The van der Waals surface area contributed by atoms with Crippen LogP contribution in [-0.4, -0.2) is 28.8 Å². The summed E-state index contributed by atoms with van der Waals surface area (Å²) in [6.45, 7) is 7.67. The van der Waals surface area contributed by atoms with Crippen molar-refractivity contribution >= 4 is 11.8 Å². The molecular formula is C15H20N2O2. The van der Waals surface area contributed by atoms with Gasteiger partial charge in [-0.2, -0.15) is 0 Å². The average molecular weight is 260 g/mol. The second-order valence-electron chi connectivity index (χ2n) is 5.57. The molecule has 1 N–H and O–H groups in total. The van der Waals surface area contributed by atoms with Crippen molar-refractivity contribution in [2.75, 3.05) is 6.54 Å². The Morgan fingerprint density at radius 2 is 1.68 bits per heavy atom. The quantitative estimate of drug-likeness (QED) is 0.879. The highest BCUT2D eigenvalue weighted by Crippen LogP contribution is 2.34. The lowest BCUT2D eigenvalue weighted by molar-refractivity contribution is -0.161. The molecule has 0 radical (unpaired) electrons. The van der Waals surface area contributed by atoms with Crippen molar-refractivity contribution in [3.05, 3.63) is 35.9 Å². The molecular weight excluding hydrogens is 240 g/mol. The van der Waals surface area contributed by atoms with Crippen LogP contribution in [0.15, 0.2) is 30.3 Å². The summed E-state index contributed by atoms with van der Waals surface area (Å²) in [5.41, 5.74) is -0.956. The highest BCUT2D eigenvalue weighted by molar-refractivity contribution is 6.02. The normalized spacial score (nSPS) is 26.2. The van der Waals surface area contributed by atoms with Crippen LogP contribution in [0.25, 0.3) is 0 Å². The maximum absolute atomic E-state index is 12.5. The first kappa shape index (κ1) is 13.6. The van der Waals surface area contributed by atoms with Gasteiger partial charge in [0.2, 0.25) is 5.91 Å². The lowest BCUT2D eigenvalue weighted by atomic mass is 9.83. The van der Waals surface area contributed by atoms with Crippen LogP contribution < -0.4 is 5.32 Å². The molecule has 1 aromatic rings. The van der Waals surface area contributed by atoms with Crippen molar-refractivity contribution in [1.29, 1.82) is 0 Å². The molecule has 1 heterocycles. The van der Waals surface area contributed by atoms with Crippen LogP contribution in [0.2, 0.25) is 0 Å². The number of benzene rings is 1. The molecule has 1 aliphatic rings. The predicted octanol–water partition coefficient (Wildman–Crippen LogP) is 1.66. The van der Waals surface area contributed by atoms with Crippen LogP contribution in [0.4, 0.5) is 0 Å². The molecule has 0 bridgehead atoms. The zero-order valence-electron chi connectivity index (χ0n) is 11.9. The van der Waals surface area contributed by atoms with Crippen LogP contribution in [0.3, 0.4) is 0 Å². The molecule has 0 spiro atoms. The molecule has 1 atom stereocenters. The van der Waals surface area contributed by atoms with Crippen molar-refractivity contribution < 1.29 is 9.59 Å². The Balaban J connectivity index is 2.55. The largest absolute Gasteiger partial charge is 0.340 e. The van der Waals surface area contributed by atoms with Crippen LogP contribution in [-0.2, 0) is 15.1 Å². The summed E-state index contributed by atoms with van der Waals surface area (Å²) in [6, 6.07) is 9.43. The van der Waals surface area contributed by atoms with Gasteiger partial charge in [0.15, 0.2) is 0 Å². The van der Waals surface area contributed by atoms with Gasteiger partial charge in [-0.15, -0.1) is 0 Å². The summed E-state index contributed by atoms with van der Waals surface area (Å²) in [5, 5.41) is 2.83. The Morgan fingerprint density at radius 3 is 2.21 bits per heavy atom. The molecule has 1 fully saturated rings. The first-order valence-electron chi connectivity index (χ1n) is 6.54. The summed E-state index contributed by atoms with van der Waals surface area (Å²) in [7, 11) is 0. The molecule has 19 heavy (non-hydrogen) atoms. The van der Waals surface area contributed by atoms with Gasteiger partial charge >= 0.3 is 0 Å². The van der Waals surface area contributed by atoms with E-state index in [1.165, 1.54) is 0 Å². The molecule has 1 aromatic carbocycles. The zero-order chi connectivity index (χ0) is 14.3. The number of carbonyl (C=O) groups excluding carboxylic acids is 2. The van der Waals surface area contributed by atoms with Crippen molar-refractivity contribution in [2.45, 2.75) is 38.8 Å². The van der Waals surface area contributed by atoms with Crippen LogP contribution >= 0.6 is 0 Å². The summed E-state index contributed by atoms with van der Waals surface area (Å²) < 4.78 is 0. The molecule has 0 aliphatic carbocycles. The minimum Gasteiger partial charge on any atom is -0.340 e. The molecule has 1 saturated heterocycles. The molecule has 0 saturated carbocycles. The predicted molar refractivity (Wildman–Crippen MR) is 73.4 cm³/mol. The number of carbonyl (C=O) groups is 2. The second-order valence-corrected chi connectivity index (χ2v) is 5.57. The first-order valence-corrected chi connectivity index (χ1v) is 6.54. The first-order chi connectivity index (χ1) is 8.84. The second kappa shape index (κ2) is 4.37. The standard InChI is InChI=1S/C15H20N2O2/c1-5-17-13(19)14(2,3)16-12(18)15(17,4)11-9-7-6-8-10-11/h6-10H,5H2,1-4H3,(H,16,18). The van der Waals surface area contributed by atoms with E-state index in [-0.39, 0.29) is 11.8 Å². The Labute approximate surface area is 113 Å². The van der Waals surface area contributed by atoms with E-state index in [1.807, 2.05) is 37.3 Å². The zero-order valence-corrected chi connectivity index (χ0v) is 11.9. The number of hydrogen-bond acceptors (Lipinski definition) is 2. The fourth-order valence-corrected chi connectivity index (χ4v) is 2.63. The summed E-state index contributed by atoms with van der Waals surface area (Å²) in [5.74, 6) is -0.189. The fraction of sp³-hybridized carbons (Fsp3) is 0.467. The van der Waals surface area contributed by atoms with E-state index in [0.717, 1.165) is 5.56 Å². The van der Waals surface area contributed by atoms with E-state index in [1.54, 1.807) is 25.7 Å². The molecule has 4 heteroatoms. The highest BCUT2D eigenvalue weighted by Gasteiger charge is 2.52. The van der Waals surface area contributed by atoms with Gasteiger partial charge in [0.05, 0.1) is 0 Å². The Kier molecular flexibility index (Phi) is 3.12. The van der Waals surface area contributed by atoms with Gasteiger partial charge in [-0.25, -0.2) is 0 Å². The van der Waals surface area contributed by atoms with Gasteiger partial charge in [0, 0.05) is 6.54 Å². The third-order valence-corrected chi connectivity index (χ3v) is 3.84. The number of amides is 2. The van der Waals surface area contributed by atoms with E-state index >= 15 is 0 Å². The number of likely N-dealkylation sites (N-methyl/N-ethyl adjacent to an activating group) is 1. The van der Waals surface area contributed by atoms with Gasteiger partial charge in [-0.1, -0.05) is 30.3 Å². The van der Waals surface area contributed by atoms with Crippen LogP contribution in [0.1, 0.15) is 33.3 Å². The molecule has 1 aliphatic heterocycles. The summed E-state index contributed by atoms with van der Waals surface area (Å²) >= 11 is 0. The molecule has 0 aromatic heterocycles. The lowest BCUT2D eigenvalue weighted by Gasteiger charge is -2.49. The fourth-order valence-electron chi connectivity index (χ4n) is 2.63. The van der Waals surface area contributed by atoms with Gasteiger partial charge in [-0.05, 0) is 33.3 Å². The third-order valence-electron chi connectivity index (χ3n) is 3.84. The van der Waals surface area contributed by atoms with Gasteiger partial charge in [-0.3, -0.25) is 9.59 Å². The molecule has 2 rings (SSSR count). The van der Waals surface area contributed by atoms with Crippen molar-refractivity contribution in [2.24, 2.45) is 0 Å². The van der Waals surface area contributed by atoms with E-state index < -0.39 is 11.1 Å². The van der Waals surface area contributed by atoms with Gasteiger partial charge in [0.1, 0.15) is 11.1 Å². The minimum absolute atomic E-state index is 0.0547. The van der Waals surface area contributed by atoms with Crippen molar-refractivity contribution in [3.8, 4) is 0 Å². The minimum atomic E-state index is -0.942. The van der Waals surface area contributed by atoms with Crippen LogP contribution in [0.5, 0.6) is 0 Å². The van der Waals surface area contributed by atoms with Crippen molar-refractivity contribution in [3.63, 3.8) is 0 Å². The van der Waals surface area contributed by atoms with E-state index in [0.29, 0.717) is 6.54 Å². The Hall–Kier alpha value is -1.84. The van der Waals surface area contributed by atoms with E-state index in [9.17, 15) is 9.59 Å². The maximum atomic E-state index is 12.5. The molecule has 2 amide bonds. The SMILES string of the molecule is CCN1C(=O)C(C)(C)NC(=O)C1(C)c1ccccc1. The highest BCUT2D eigenvalue weighted by atomic mass is 16.2. The summed E-state index contributed by atoms with van der Waals surface area (Å²) in [4.78, 5) is 26.7. The van der Waals surface area contributed by atoms with Gasteiger partial charge in [0.25, 0.3) is 5.91 Å². The Bertz CT molecular complexity index is 510. The lowest BCUT2D eigenvalue weighted by Crippen LogP contribution is -2.71. The maximum Gasteiger partial charge on any atom is 0.251 e. The molecule has 4 nitrogen and oxygen atoms in total. The monoisotopic (exact) mass is 260 g/mol. The number of nitrogens with one attached hydrogen (secondary N) is 1. The average Bonchev–Trinajstić information content (AvgIpc) is 2.38. The van der Waals surface area contributed by atoms with E-state index in [4.69, 9.17) is 0 Å². The third kappa shape index (κ3) is 1.91. The molecule has 102 valence electrons. The van der Waals surface area contributed by atoms with Crippen molar-refractivity contribution in [1.82, 2.24) is 10.2 Å². The smallest absolute Gasteiger partial charge is 0.251 e. The van der Waals surface area contributed by atoms with Crippen LogP contribution in [0, 0.1) is 0 Å². The number of rotatable bonds is 2. The topological polar surface area (TPSA) is 49.4 Å². The summed E-state index contributed by atoms with van der Waals surface area (Å²) in [6.07, 6.45) is 0. The number of piperazine rings is 1. The van der Waals surface area contributed by atoms with E-state index in [2.05, 4.69) is 5.32 Å². The molecule has 1 unspecified atom stereocenters. The number of hydrogen-bond donors (Lipinski definition) is 1. The Morgan fingerprint density at radius 1 is 1.11 bits per heavy atom. The number of nitrogens with zero attached hydrogens (tertiary/aromatic N) is 1.